The molecule has 0 radical (unpaired) electrons. The maximum Gasteiger partial charge on any atom is 0.233 e. The second-order valence-corrected chi connectivity index (χ2v) is 9.27. The van der Waals surface area contributed by atoms with Crippen molar-refractivity contribution in [1.29, 1.82) is 0 Å². The van der Waals surface area contributed by atoms with Gasteiger partial charge in [-0.15, -0.1) is 12.4 Å². The van der Waals surface area contributed by atoms with Gasteiger partial charge < -0.3 is 4.74 Å². The average molecular weight is 474 g/mol. The van der Waals surface area contributed by atoms with Crippen LogP contribution < -0.4 is 4.90 Å². The number of carbonyl (C=O) groups is 1. The highest BCUT2D eigenvalue weighted by Gasteiger charge is 2.22. The normalized spacial score (nSPS) is 14.3. The third-order valence-corrected chi connectivity index (χ3v) is 7.01. The fourth-order valence-electron chi connectivity index (χ4n) is 3.99. The van der Waals surface area contributed by atoms with Crippen molar-refractivity contribution in [2.75, 3.05) is 44.3 Å². The first-order valence-corrected chi connectivity index (χ1v) is 11.9. The SMILES string of the molecule is CCc1ccc2nc(N(CCN3CCOCC3)C(=O)Cc3ccc(C)cc3C)sc2c1.Cl. The Labute approximate surface area is 200 Å². The molecule has 0 bridgehead atoms. The van der Waals surface area contributed by atoms with Crippen molar-refractivity contribution in [2.24, 2.45) is 0 Å². The summed E-state index contributed by atoms with van der Waals surface area (Å²) in [7, 11) is 0. The summed E-state index contributed by atoms with van der Waals surface area (Å²) in [6.45, 7) is 11.1. The van der Waals surface area contributed by atoms with Gasteiger partial charge in [0.2, 0.25) is 5.91 Å². The Morgan fingerprint density at radius 1 is 1.16 bits per heavy atom. The van der Waals surface area contributed by atoms with Gasteiger partial charge in [-0.1, -0.05) is 48.1 Å². The summed E-state index contributed by atoms with van der Waals surface area (Å²) in [5, 5.41) is 0.797. The van der Waals surface area contributed by atoms with Crippen molar-refractivity contribution in [3.8, 4) is 0 Å². The van der Waals surface area contributed by atoms with E-state index in [1.165, 1.54) is 16.7 Å². The van der Waals surface area contributed by atoms with Gasteiger partial charge in [0.15, 0.2) is 5.13 Å². The zero-order chi connectivity index (χ0) is 21.8. The van der Waals surface area contributed by atoms with Crippen LogP contribution >= 0.6 is 23.7 Å². The molecule has 1 amide bonds. The Bertz CT molecular complexity index is 1060. The number of thiazole rings is 1. The lowest BCUT2D eigenvalue weighted by atomic mass is 10.0. The quantitative estimate of drug-likeness (QED) is 0.494. The Morgan fingerprint density at radius 3 is 2.66 bits per heavy atom. The zero-order valence-electron chi connectivity index (χ0n) is 19.1. The van der Waals surface area contributed by atoms with Crippen LogP contribution in [0.15, 0.2) is 36.4 Å². The second kappa shape index (κ2) is 11.2. The topological polar surface area (TPSA) is 45.7 Å². The molecule has 5 nitrogen and oxygen atoms in total. The third-order valence-electron chi connectivity index (χ3n) is 5.97. The standard InChI is InChI=1S/C25H31N3O2S.ClH/c1-4-20-6-8-22-23(16-20)31-25(26-22)28(10-9-27-11-13-30-14-12-27)24(29)17-21-7-5-18(2)15-19(21)3;/h5-8,15-16H,4,9-14,17H2,1-3H3;1H. The molecule has 0 N–H and O–H groups in total. The van der Waals surface area contributed by atoms with E-state index in [4.69, 9.17) is 9.72 Å². The molecule has 1 aliphatic heterocycles. The van der Waals surface area contributed by atoms with Crippen LogP contribution in [0.2, 0.25) is 0 Å². The van der Waals surface area contributed by atoms with Gasteiger partial charge in [-0.3, -0.25) is 14.6 Å². The largest absolute Gasteiger partial charge is 0.379 e. The first-order chi connectivity index (χ1) is 15.0. The predicted molar refractivity (Wildman–Crippen MR) is 135 cm³/mol. The van der Waals surface area contributed by atoms with Crippen molar-refractivity contribution in [3.63, 3.8) is 0 Å². The van der Waals surface area contributed by atoms with Crippen molar-refractivity contribution in [2.45, 2.75) is 33.6 Å². The molecular formula is C25H32ClN3O2S. The molecule has 0 unspecified atom stereocenters. The van der Waals surface area contributed by atoms with Gasteiger partial charge in [-0.05, 0) is 49.1 Å². The molecule has 4 rings (SSSR count). The molecule has 1 fully saturated rings. The summed E-state index contributed by atoms with van der Waals surface area (Å²) in [5.74, 6) is 0.106. The number of fused-ring (bicyclic) bond motifs is 1. The number of rotatable bonds is 7. The Morgan fingerprint density at radius 2 is 1.94 bits per heavy atom. The van der Waals surface area contributed by atoms with Crippen molar-refractivity contribution < 1.29 is 9.53 Å². The van der Waals surface area contributed by atoms with Crippen LogP contribution in [-0.2, 0) is 22.4 Å². The van der Waals surface area contributed by atoms with Gasteiger partial charge in [0.05, 0.1) is 29.9 Å². The van der Waals surface area contributed by atoms with Crippen molar-refractivity contribution in [3.05, 3.63) is 58.7 Å². The molecule has 0 aliphatic carbocycles. The van der Waals surface area contributed by atoms with Crippen LogP contribution in [0.4, 0.5) is 5.13 Å². The van der Waals surface area contributed by atoms with Crippen LogP contribution in [0.1, 0.15) is 29.2 Å². The fraction of sp³-hybridized carbons (Fsp3) is 0.440. The minimum atomic E-state index is 0. The molecule has 1 aromatic heterocycles. The molecule has 1 saturated heterocycles. The van der Waals surface area contributed by atoms with Crippen LogP contribution in [0.3, 0.4) is 0 Å². The molecule has 32 heavy (non-hydrogen) atoms. The van der Waals surface area contributed by atoms with E-state index < -0.39 is 0 Å². The molecule has 3 aromatic rings. The lowest BCUT2D eigenvalue weighted by Gasteiger charge is -2.29. The second-order valence-electron chi connectivity index (χ2n) is 8.26. The van der Waals surface area contributed by atoms with E-state index in [-0.39, 0.29) is 18.3 Å². The van der Waals surface area contributed by atoms with Gasteiger partial charge in [0.25, 0.3) is 0 Å². The van der Waals surface area contributed by atoms with Crippen LogP contribution in [0, 0.1) is 13.8 Å². The number of halogens is 1. The van der Waals surface area contributed by atoms with E-state index >= 15 is 0 Å². The smallest absolute Gasteiger partial charge is 0.233 e. The molecule has 0 spiro atoms. The maximum atomic E-state index is 13.5. The van der Waals surface area contributed by atoms with Gasteiger partial charge in [-0.25, -0.2) is 4.98 Å². The number of ether oxygens (including phenoxy) is 1. The predicted octanol–water partition coefficient (Wildman–Crippen LogP) is 4.81. The summed E-state index contributed by atoms with van der Waals surface area (Å²) < 4.78 is 6.61. The minimum Gasteiger partial charge on any atom is -0.379 e. The van der Waals surface area contributed by atoms with Gasteiger partial charge in [0, 0.05) is 26.2 Å². The Hall–Kier alpha value is -1.99. The van der Waals surface area contributed by atoms with E-state index in [9.17, 15) is 4.79 Å². The molecule has 1 aliphatic rings. The van der Waals surface area contributed by atoms with E-state index in [2.05, 4.69) is 62.1 Å². The number of aromatic nitrogens is 1. The highest BCUT2D eigenvalue weighted by Crippen LogP contribution is 2.30. The van der Waals surface area contributed by atoms with Crippen LogP contribution in [0.25, 0.3) is 10.2 Å². The first kappa shape index (κ1) is 24.6. The number of hydrogen-bond acceptors (Lipinski definition) is 5. The van der Waals surface area contributed by atoms with E-state index in [0.29, 0.717) is 13.0 Å². The molecule has 172 valence electrons. The van der Waals surface area contributed by atoms with Gasteiger partial charge in [-0.2, -0.15) is 0 Å². The first-order valence-electron chi connectivity index (χ1n) is 11.1. The Kier molecular flexibility index (Phi) is 8.65. The summed E-state index contributed by atoms with van der Waals surface area (Å²) in [4.78, 5) is 22.6. The molecule has 0 saturated carbocycles. The van der Waals surface area contributed by atoms with E-state index in [0.717, 1.165) is 60.2 Å². The Balaban J connectivity index is 0.00000289. The summed E-state index contributed by atoms with van der Waals surface area (Å²) >= 11 is 1.62. The average Bonchev–Trinajstić information content (AvgIpc) is 3.19. The van der Waals surface area contributed by atoms with Crippen LogP contribution in [-0.4, -0.2) is 55.2 Å². The number of hydrogen-bond donors (Lipinski definition) is 0. The number of morpholine rings is 1. The molecule has 0 atom stereocenters. The molecular weight excluding hydrogens is 442 g/mol. The maximum absolute atomic E-state index is 13.5. The van der Waals surface area contributed by atoms with E-state index in [1.54, 1.807) is 11.3 Å². The van der Waals surface area contributed by atoms with Gasteiger partial charge >= 0.3 is 0 Å². The number of amides is 1. The summed E-state index contributed by atoms with van der Waals surface area (Å²) in [6, 6.07) is 12.7. The molecule has 2 heterocycles. The highest BCUT2D eigenvalue weighted by molar-refractivity contribution is 7.22. The third kappa shape index (κ3) is 5.87. The highest BCUT2D eigenvalue weighted by atomic mass is 35.5. The monoisotopic (exact) mass is 473 g/mol. The van der Waals surface area contributed by atoms with Crippen molar-refractivity contribution in [1.82, 2.24) is 9.88 Å². The number of nitrogens with zero attached hydrogens (tertiary/aromatic N) is 3. The minimum absolute atomic E-state index is 0. The number of aryl methyl sites for hydroxylation is 3. The zero-order valence-corrected chi connectivity index (χ0v) is 20.7. The number of benzene rings is 2. The fourth-order valence-corrected chi connectivity index (χ4v) is 5.06. The van der Waals surface area contributed by atoms with E-state index in [1.807, 2.05) is 4.90 Å². The molecule has 2 aromatic carbocycles. The lowest BCUT2D eigenvalue weighted by Crippen LogP contribution is -2.43. The lowest BCUT2D eigenvalue weighted by molar-refractivity contribution is -0.118. The van der Waals surface area contributed by atoms with Crippen LogP contribution in [0.5, 0.6) is 0 Å². The summed E-state index contributed by atoms with van der Waals surface area (Å²) in [5.41, 5.74) is 5.73. The van der Waals surface area contributed by atoms with Crippen molar-refractivity contribution >= 4 is 45.0 Å². The van der Waals surface area contributed by atoms with Gasteiger partial charge in [0.1, 0.15) is 0 Å². The summed E-state index contributed by atoms with van der Waals surface area (Å²) in [6.07, 6.45) is 1.39. The number of carbonyl (C=O) groups excluding carboxylic acids is 1. The molecule has 7 heteroatoms. The number of anilines is 1.